The maximum Gasteiger partial charge on any atom is 0.336 e. The van der Waals surface area contributed by atoms with Gasteiger partial charge in [0.15, 0.2) is 6.04 Å². The molecule has 0 aliphatic rings. The molecule has 0 spiro atoms. The van der Waals surface area contributed by atoms with E-state index in [9.17, 15) is 9.59 Å². The van der Waals surface area contributed by atoms with Gasteiger partial charge >= 0.3 is 5.63 Å². The van der Waals surface area contributed by atoms with E-state index in [4.69, 9.17) is 4.42 Å². The lowest BCUT2D eigenvalue weighted by Gasteiger charge is -2.10. The van der Waals surface area contributed by atoms with Gasteiger partial charge in [0.2, 0.25) is 0 Å². The first-order valence-corrected chi connectivity index (χ1v) is 7.75. The van der Waals surface area contributed by atoms with Gasteiger partial charge in [-0.25, -0.2) is 4.79 Å². The minimum atomic E-state index is -0.410. The smallest absolute Gasteiger partial charge is 0.336 e. The van der Waals surface area contributed by atoms with Crippen molar-refractivity contribution in [2.45, 2.75) is 19.4 Å². The van der Waals surface area contributed by atoms with Crippen LogP contribution in [-0.2, 0) is 11.2 Å². The Morgan fingerprint density at radius 2 is 1.88 bits per heavy atom. The number of nitrogens with one attached hydrogen (secondary N) is 1. The Bertz CT molecular complexity index is 938. The van der Waals surface area contributed by atoms with Crippen molar-refractivity contribution in [2.24, 2.45) is 0 Å². The average molecular weight is 359 g/mol. The molecule has 25 heavy (non-hydrogen) atoms. The lowest BCUT2D eigenvalue weighted by Crippen LogP contribution is -3.00. The molecule has 4 N–H and O–H groups in total. The first-order chi connectivity index (χ1) is 11.5. The predicted octanol–water partition coefficient (Wildman–Crippen LogP) is -1.10. The Kier molecular flexibility index (Phi) is 5.96. The van der Waals surface area contributed by atoms with Crippen LogP contribution in [0.1, 0.15) is 11.1 Å². The Morgan fingerprint density at radius 3 is 2.60 bits per heavy atom. The molecule has 2 aromatic carbocycles. The Balaban J connectivity index is 0.00000225. The van der Waals surface area contributed by atoms with Gasteiger partial charge in [0.05, 0.1) is 0 Å². The number of anilines is 1. The highest BCUT2D eigenvalue weighted by atomic mass is 35.5. The first kappa shape index (κ1) is 18.7. The predicted molar refractivity (Wildman–Crippen MR) is 92.7 cm³/mol. The Morgan fingerprint density at radius 1 is 1.16 bits per heavy atom. The zero-order chi connectivity index (χ0) is 17.1. The van der Waals surface area contributed by atoms with Crippen LogP contribution in [0.5, 0.6) is 0 Å². The molecular weight excluding hydrogens is 340 g/mol. The number of rotatable bonds is 4. The van der Waals surface area contributed by atoms with Crippen molar-refractivity contribution < 1.29 is 27.4 Å². The van der Waals surface area contributed by atoms with Crippen molar-refractivity contribution in [1.82, 2.24) is 0 Å². The Labute approximate surface area is 151 Å². The number of carbonyl (C=O) groups excluding carboxylic acids is 1. The number of fused-ring (bicyclic) bond motifs is 1. The van der Waals surface area contributed by atoms with Gasteiger partial charge in [0, 0.05) is 29.6 Å². The molecule has 0 aliphatic heterocycles. The summed E-state index contributed by atoms with van der Waals surface area (Å²) < 4.78 is 5.20. The van der Waals surface area contributed by atoms with Crippen LogP contribution in [0.4, 0.5) is 5.69 Å². The van der Waals surface area contributed by atoms with E-state index in [0.29, 0.717) is 17.7 Å². The van der Waals surface area contributed by atoms with Crippen LogP contribution in [-0.4, -0.2) is 11.9 Å². The summed E-state index contributed by atoms with van der Waals surface area (Å²) in [5.41, 5.74) is 6.49. The Hall–Kier alpha value is -2.63. The zero-order valence-corrected chi connectivity index (χ0v) is 14.5. The van der Waals surface area contributed by atoms with Crippen LogP contribution >= 0.6 is 0 Å². The normalized spacial score (nSPS) is 11.6. The maximum absolute atomic E-state index is 12.3. The molecular formula is C19H19ClN2O3. The number of amides is 1. The van der Waals surface area contributed by atoms with E-state index in [2.05, 4.69) is 11.1 Å². The number of quaternary nitrogens is 1. The van der Waals surface area contributed by atoms with Crippen LogP contribution in [0.15, 0.2) is 63.8 Å². The van der Waals surface area contributed by atoms with Crippen molar-refractivity contribution in [3.05, 3.63) is 76.1 Å². The number of aryl methyl sites for hydroxylation is 1. The molecule has 1 heterocycles. The first-order valence-electron chi connectivity index (χ1n) is 7.75. The van der Waals surface area contributed by atoms with Crippen LogP contribution in [0.3, 0.4) is 0 Å². The molecule has 0 saturated carbocycles. The van der Waals surface area contributed by atoms with Crippen molar-refractivity contribution in [3.8, 4) is 0 Å². The van der Waals surface area contributed by atoms with Crippen LogP contribution in [0, 0.1) is 6.92 Å². The topological polar surface area (TPSA) is 87.0 Å². The minimum Gasteiger partial charge on any atom is -1.00 e. The number of benzene rings is 2. The van der Waals surface area contributed by atoms with Gasteiger partial charge in [-0.05, 0) is 30.2 Å². The summed E-state index contributed by atoms with van der Waals surface area (Å²) in [5, 5.41) is 3.68. The summed E-state index contributed by atoms with van der Waals surface area (Å²) >= 11 is 0. The molecule has 1 aromatic heterocycles. The zero-order valence-electron chi connectivity index (χ0n) is 13.8. The SMILES string of the molecule is Cc1cc(=O)oc2cc(NC(=O)[C@@H]([NH3+])Cc3ccccc3)ccc12.[Cl-]. The van der Waals surface area contributed by atoms with Gasteiger partial charge in [0.25, 0.3) is 5.91 Å². The second-order valence-electron chi connectivity index (χ2n) is 5.84. The minimum absolute atomic E-state index is 0. The summed E-state index contributed by atoms with van der Waals surface area (Å²) in [6.07, 6.45) is 0.564. The van der Waals surface area contributed by atoms with Gasteiger partial charge in [-0.1, -0.05) is 30.3 Å². The van der Waals surface area contributed by atoms with E-state index >= 15 is 0 Å². The third kappa shape index (κ3) is 4.47. The highest BCUT2D eigenvalue weighted by molar-refractivity contribution is 5.96. The fraction of sp³-hybridized carbons (Fsp3) is 0.158. The van der Waals surface area contributed by atoms with Crippen molar-refractivity contribution in [3.63, 3.8) is 0 Å². The fourth-order valence-electron chi connectivity index (χ4n) is 2.64. The third-order valence-electron chi connectivity index (χ3n) is 3.91. The molecule has 0 bridgehead atoms. The second kappa shape index (κ2) is 7.96. The quantitative estimate of drug-likeness (QED) is 0.580. The van der Waals surface area contributed by atoms with Gasteiger partial charge in [-0.15, -0.1) is 0 Å². The lowest BCUT2D eigenvalue weighted by atomic mass is 10.1. The monoisotopic (exact) mass is 358 g/mol. The summed E-state index contributed by atoms with van der Waals surface area (Å²) in [4.78, 5) is 23.8. The van der Waals surface area contributed by atoms with E-state index in [0.717, 1.165) is 16.5 Å². The number of hydrogen-bond donors (Lipinski definition) is 2. The summed E-state index contributed by atoms with van der Waals surface area (Å²) in [6, 6.07) is 16.1. The van der Waals surface area contributed by atoms with Crippen LogP contribution < -0.4 is 29.1 Å². The molecule has 6 heteroatoms. The van der Waals surface area contributed by atoms with Crippen LogP contribution in [0.2, 0.25) is 0 Å². The molecule has 1 atom stereocenters. The lowest BCUT2D eigenvalue weighted by molar-refractivity contribution is -0.402. The van der Waals surface area contributed by atoms with Gasteiger partial charge in [-0.3, -0.25) is 4.79 Å². The van der Waals surface area contributed by atoms with Gasteiger partial charge in [0.1, 0.15) is 5.58 Å². The molecule has 3 rings (SSSR count). The van der Waals surface area contributed by atoms with Gasteiger partial charge in [-0.2, -0.15) is 0 Å². The standard InChI is InChI=1S/C19H18N2O3.ClH/c1-12-9-18(22)24-17-11-14(7-8-15(12)17)21-19(23)16(20)10-13-5-3-2-4-6-13;/h2-9,11,16H,10,20H2,1H3,(H,21,23);1H/t16-;/m0./s1. The molecule has 1 amide bonds. The largest absolute Gasteiger partial charge is 1.00 e. The highest BCUT2D eigenvalue weighted by Gasteiger charge is 2.18. The van der Waals surface area contributed by atoms with E-state index in [1.165, 1.54) is 6.07 Å². The number of halogens is 1. The van der Waals surface area contributed by atoms with E-state index in [1.807, 2.05) is 43.3 Å². The van der Waals surface area contributed by atoms with Crippen molar-refractivity contribution >= 4 is 22.6 Å². The molecule has 0 aliphatic carbocycles. The molecule has 0 unspecified atom stereocenters. The summed E-state index contributed by atoms with van der Waals surface area (Å²) in [7, 11) is 0. The van der Waals surface area contributed by atoms with Crippen molar-refractivity contribution in [2.75, 3.05) is 5.32 Å². The molecule has 130 valence electrons. The number of hydrogen-bond acceptors (Lipinski definition) is 3. The summed E-state index contributed by atoms with van der Waals surface area (Å²) in [6.45, 7) is 1.85. The molecule has 5 nitrogen and oxygen atoms in total. The van der Waals surface area contributed by atoms with E-state index < -0.39 is 11.7 Å². The molecule has 3 aromatic rings. The molecule has 0 saturated heterocycles. The van der Waals surface area contributed by atoms with E-state index in [-0.39, 0.29) is 18.3 Å². The van der Waals surface area contributed by atoms with E-state index in [1.54, 1.807) is 12.1 Å². The van der Waals surface area contributed by atoms with Crippen molar-refractivity contribution in [1.29, 1.82) is 0 Å². The molecule has 0 radical (unpaired) electrons. The fourth-order valence-corrected chi connectivity index (χ4v) is 2.64. The second-order valence-corrected chi connectivity index (χ2v) is 5.84. The van der Waals surface area contributed by atoms with Gasteiger partial charge < -0.3 is 27.9 Å². The van der Waals surface area contributed by atoms with Crippen LogP contribution in [0.25, 0.3) is 11.0 Å². The maximum atomic E-state index is 12.3. The summed E-state index contributed by atoms with van der Waals surface area (Å²) in [5.74, 6) is -0.173. The number of carbonyl (C=O) groups is 1. The third-order valence-corrected chi connectivity index (χ3v) is 3.91. The average Bonchev–Trinajstić information content (AvgIpc) is 2.55. The molecule has 0 fully saturated rings. The highest BCUT2D eigenvalue weighted by Crippen LogP contribution is 2.20.